The van der Waals surface area contributed by atoms with Crippen molar-refractivity contribution in [3.8, 4) is 0 Å². The summed E-state index contributed by atoms with van der Waals surface area (Å²) >= 11 is 0. The van der Waals surface area contributed by atoms with Crippen molar-refractivity contribution in [2.24, 2.45) is 5.73 Å². The first kappa shape index (κ1) is 11.7. The van der Waals surface area contributed by atoms with Crippen LogP contribution < -0.4 is 5.73 Å². The van der Waals surface area contributed by atoms with E-state index in [2.05, 4.69) is 6.07 Å². The first-order valence-electron chi connectivity index (χ1n) is 4.86. The maximum absolute atomic E-state index is 11.7. The second-order valence-corrected chi connectivity index (χ2v) is 4.29. The van der Waals surface area contributed by atoms with E-state index in [-0.39, 0.29) is 5.97 Å². The van der Waals surface area contributed by atoms with Crippen LogP contribution in [-0.2, 0) is 11.3 Å². The predicted octanol–water partition coefficient (Wildman–Crippen LogP) is 1.90. The molecule has 0 aromatic heterocycles. The molecule has 0 heterocycles. The second-order valence-electron chi connectivity index (χ2n) is 4.29. The van der Waals surface area contributed by atoms with E-state index < -0.39 is 5.60 Å². The molecule has 2 N–H and O–H groups in total. The number of rotatable bonds is 2. The fraction of sp³-hybridized carbons (Fsp3) is 0.417. The van der Waals surface area contributed by atoms with Gasteiger partial charge in [-0.25, -0.2) is 4.79 Å². The highest BCUT2D eigenvalue weighted by atomic mass is 16.6. The highest BCUT2D eigenvalue weighted by molar-refractivity contribution is 5.91. The quantitative estimate of drug-likeness (QED) is 0.752. The number of hydrogen-bond acceptors (Lipinski definition) is 3. The standard InChI is InChI=1S/C12H16NO2/c1-12(2,3)15-11(14)10-7-5-4-6-9(10)8-13/h5-7H,8,13H2,1-3H3. The summed E-state index contributed by atoms with van der Waals surface area (Å²) in [6.07, 6.45) is 0. The third kappa shape index (κ3) is 3.36. The molecule has 1 aromatic carbocycles. The summed E-state index contributed by atoms with van der Waals surface area (Å²) in [6, 6.07) is 7.95. The van der Waals surface area contributed by atoms with E-state index in [0.29, 0.717) is 12.1 Å². The van der Waals surface area contributed by atoms with Gasteiger partial charge in [-0.3, -0.25) is 0 Å². The van der Waals surface area contributed by atoms with Gasteiger partial charge in [-0.05, 0) is 44.5 Å². The van der Waals surface area contributed by atoms with Crippen LogP contribution in [0.1, 0.15) is 36.7 Å². The van der Waals surface area contributed by atoms with Gasteiger partial charge < -0.3 is 10.5 Å². The number of benzene rings is 1. The lowest BCUT2D eigenvalue weighted by Crippen LogP contribution is -2.24. The van der Waals surface area contributed by atoms with Gasteiger partial charge >= 0.3 is 5.97 Å². The zero-order chi connectivity index (χ0) is 11.5. The van der Waals surface area contributed by atoms with Gasteiger partial charge in [-0.1, -0.05) is 6.07 Å². The highest BCUT2D eigenvalue weighted by Crippen LogP contribution is 2.14. The number of esters is 1. The third-order valence-corrected chi connectivity index (χ3v) is 1.79. The van der Waals surface area contributed by atoms with Crippen molar-refractivity contribution < 1.29 is 9.53 Å². The molecule has 0 saturated carbocycles. The average molecular weight is 206 g/mol. The Morgan fingerprint density at radius 2 is 2.20 bits per heavy atom. The fourth-order valence-corrected chi connectivity index (χ4v) is 1.17. The minimum atomic E-state index is -0.484. The van der Waals surface area contributed by atoms with Crippen molar-refractivity contribution in [1.29, 1.82) is 0 Å². The molecule has 1 aromatic rings. The molecule has 0 aliphatic carbocycles. The van der Waals surface area contributed by atoms with E-state index in [1.165, 1.54) is 0 Å². The lowest BCUT2D eigenvalue weighted by Gasteiger charge is -2.20. The highest BCUT2D eigenvalue weighted by Gasteiger charge is 2.19. The Kier molecular flexibility index (Phi) is 3.48. The number of carbonyl (C=O) groups is 1. The number of carbonyl (C=O) groups excluding carboxylic acids is 1. The van der Waals surface area contributed by atoms with E-state index in [1.807, 2.05) is 20.8 Å². The predicted molar refractivity (Wildman–Crippen MR) is 58.3 cm³/mol. The van der Waals surface area contributed by atoms with Gasteiger partial charge in [-0.2, -0.15) is 0 Å². The SMILES string of the molecule is CC(C)(C)OC(=O)c1cc[c]cc1CN. The summed E-state index contributed by atoms with van der Waals surface area (Å²) in [7, 11) is 0. The Bertz CT molecular complexity index is 353. The third-order valence-electron chi connectivity index (χ3n) is 1.79. The topological polar surface area (TPSA) is 52.3 Å². The molecule has 0 unspecified atom stereocenters. The van der Waals surface area contributed by atoms with Gasteiger partial charge in [0.15, 0.2) is 0 Å². The van der Waals surface area contributed by atoms with Crippen LogP contribution in [0.3, 0.4) is 0 Å². The van der Waals surface area contributed by atoms with Crippen molar-refractivity contribution in [3.63, 3.8) is 0 Å². The second kappa shape index (κ2) is 4.45. The molecule has 81 valence electrons. The van der Waals surface area contributed by atoms with Crippen LogP contribution in [0.4, 0.5) is 0 Å². The van der Waals surface area contributed by atoms with E-state index in [1.54, 1.807) is 18.2 Å². The molecule has 0 bridgehead atoms. The van der Waals surface area contributed by atoms with Gasteiger partial charge in [0.2, 0.25) is 0 Å². The number of ether oxygens (including phenoxy) is 1. The molecular formula is C12H16NO2. The molecule has 0 fully saturated rings. The first-order chi connectivity index (χ1) is 6.94. The van der Waals surface area contributed by atoms with Gasteiger partial charge in [0.05, 0.1) is 5.56 Å². The largest absolute Gasteiger partial charge is 0.456 e. The Morgan fingerprint density at radius 1 is 1.53 bits per heavy atom. The monoisotopic (exact) mass is 206 g/mol. The number of hydrogen-bond donors (Lipinski definition) is 1. The molecular weight excluding hydrogens is 190 g/mol. The van der Waals surface area contributed by atoms with Crippen LogP contribution in [0.2, 0.25) is 0 Å². The Morgan fingerprint density at radius 3 is 2.73 bits per heavy atom. The molecule has 1 radical (unpaired) electrons. The van der Waals surface area contributed by atoms with Crippen LogP contribution in [0.5, 0.6) is 0 Å². The molecule has 15 heavy (non-hydrogen) atoms. The summed E-state index contributed by atoms with van der Waals surface area (Å²) in [4.78, 5) is 11.7. The molecule has 0 amide bonds. The van der Waals surface area contributed by atoms with Crippen LogP contribution in [0.15, 0.2) is 18.2 Å². The van der Waals surface area contributed by atoms with Gasteiger partial charge in [0.25, 0.3) is 0 Å². The minimum absolute atomic E-state index is 0.311. The van der Waals surface area contributed by atoms with Crippen molar-refractivity contribution >= 4 is 5.97 Å². The molecule has 3 nitrogen and oxygen atoms in total. The van der Waals surface area contributed by atoms with E-state index in [4.69, 9.17) is 10.5 Å². The average Bonchev–Trinajstić information content (AvgIpc) is 2.15. The molecule has 0 aliphatic rings. The summed E-state index contributed by atoms with van der Waals surface area (Å²) in [5.74, 6) is -0.336. The summed E-state index contributed by atoms with van der Waals surface area (Å²) in [6.45, 7) is 5.82. The molecule has 3 heteroatoms. The minimum Gasteiger partial charge on any atom is -0.456 e. The molecule has 1 rings (SSSR count). The van der Waals surface area contributed by atoms with Gasteiger partial charge in [0, 0.05) is 6.54 Å². The maximum atomic E-state index is 11.7. The van der Waals surface area contributed by atoms with E-state index in [0.717, 1.165) is 5.56 Å². The summed E-state index contributed by atoms with van der Waals surface area (Å²) < 4.78 is 5.26. The van der Waals surface area contributed by atoms with Gasteiger partial charge in [-0.15, -0.1) is 0 Å². The van der Waals surface area contributed by atoms with Crippen molar-refractivity contribution in [2.75, 3.05) is 0 Å². The first-order valence-corrected chi connectivity index (χ1v) is 4.86. The Balaban J connectivity index is 2.91. The maximum Gasteiger partial charge on any atom is 0.338 e. The zero-order valence-corrected chi connectivity index (χ0v) is 9.33. The van der Waals surface area contributed by atoms with Crippen molar-refractivity contribution in [3.05, 3.63) is 35.4 Å². The fourth-order valence-electron chi connectivity index (χ4n) is 1.17. The molecule has 0 aliphatic heterocycles. The van der Waals surface area contributed by atoms with Gasteiger partial charge in [0.1, 0.15) is 5.60 Å². The van der Waals surface area contributed by atoms with Crippen LogP contribution in [0, 0.1) is 6.07 Å². The smallest absolute Gasteiger partial charge is 0.338 e. The normalized spacial score (nSPS) is 11.2. The van der Waals surface area contributed by atoms with Crippen LogP contribution in [-0.4, -0.2) is 11.6 Å². The molecule has 0 atom stereocenters. The Labute approximate surface area is 90.2 Å². The molecule has 0 spiro atoms. The lowest BCUT2D eigenvalue weighted by atomic mass is 10.1. The van der Waals surface area contributed by atoms with Crippen molar-refractivity contribution in [1.82, 2.24) is 0 Å². The van der Waals surface area contributed by atoms with E-state index >= 15 is 0 Å². The summed E-state index contributed by atoms with van der Waals surface area (Å²) in [5.41, 5.74) is 6.32. The van der Waals surface area contributed by atoms with E-state index in [9.17, 15) is 4.79 Å². The Hall–Kier alpha value is -1.35. The summed E-state index contributed by atoms with van der Waals surface area (Å²) in [5, 5.41) is 0. The van der Waals surface area contributed by atoms with Crippen LogP contribution >= 0.6 is 0 Å². The number of nitrogens with two attached hydrogens (primary N) is 1. The lowest BCUT2D eigenvalue weighted by molar-refractivity contribution is 0.00684. The zero-order valence-electron chi connectivity index (χ0n) is 9.33. The molecule has 0 saturated heterocycles. The van der Waals surface area contributed by atoms with Crippen molar-refractivity contribution in [2.45, 2.75) is 32.9 Å². The van der Waals surface area contributed by atoms with Crippen LogP contribution in [0.25, 0.3) is 0 Å².